The molecule has 0 atom stereocenters. The fourth-order valence-corrected chi connectivity index (χ4v) is 3.27. The van der Waals surface area contributed by atoms with Gasteiger partial charge in [0, 0.05) is 12.2 Å². The lowest BCUT2D eigenvalue weighted by atomic mass is 10.1. The first-order valence-electron chi connectivity index (χ1n) is 8.17. The molecule has 0 heterocycles. The Morgan fingerprint density at radius 1 is 1.12 bits per heavy atom. The van der Waals surface area contributed by atoms with E-state index in [9.17, 15) is 13.2 Å². The molecule has 0 aliphatic heterocycles. The van der Waals surface area contributed by atoms with Crippen LogP contribution in [0.5, 0.6) is 0 Å². The van der Waals surface area contributed by atoms with Crippen molar-refractivity contribution in [3.05, 3.63) is 65.7 Å². The van der Waals surface area contributed by atoms with Gasteiger partial charge in [0.25, 0.3) is 0 Å². The van der Waals surface area contributed by atoms with E-state index in [0.717, 1.165) is 18.2 Å². The summed E-state index contributed by atoms with van der Waals surface area (Å²) in [4.78, 5) is 12.2. The second-order valence-electron chi connectivity index (χ2n) is 5.92. The minimum absolute atomic E-state index is 0.242. The Hall–Kier alpha value is -2.69. The molecule has 7 heteroatoms. The highest BCUT2D eigenvalue weighted by Crippen LogP contribution is 2.10. The number of hydrogen-bond donors (Lipinski definition) is 1. The smallest absolute Gasteiger partial charge is 0.239 e. The Labute approximate surface area is 154 Å². The molecule has 6 nitrogen and oxygen atoms in total. The Morgan fingerprint density at radius 2 is 1.77 bits per heavy atom. The van der Waals surface area contributed by atoms with Crippen molar-refractivity contribution < 1.29 is 13.2 Å². The van der Waals surface area contributed by atoms with Crippen LogP contribution >= 0.6 is 0 Å². The lowest BCUT2D eigenvalue weighted by Crippen LogP contribution is -2.38. The lowest BCUT2D eigenvalue weighted by molar-refractivity contribution is -0.116. The Bertz CT molecular complexity index is 872. The third-order valence-corrected chi connectivity index (χ3v) is 5.05. The van der Waals surface area contributed by atoms with E-state index in [2.05, 4.69) is 5.32 Å². The van der Waals surface area contributed by atoms with E-state index in [0.29, 0.717) is 17.7 Å². The summed E-state index contributed by atoms with van der Waals surface area (Å²) in [5.41, 5.74) is 2.14. The molecule has 26 heavy (non-hydrogen) atoms. The molecule has 2 aromatic carbocycles. The summed E-state index contributed by atoms with van der Waals surface area (Å²) in [6, 6.07) is 18.2. The van der Waals surface area contributed by atoms with Crippen LogP contribution in [0.3, 0.4) is 0 Å². The number of carbonyl (C=O) groups is 1. The van der Waals surface area contributed by atoms with Gasteiger partial charge in [-0.1, -0.05) is 30.3 Å². The fraction of sp³-hybridized carbons (Fsp3) is 0.263. The number of anilines is 1. The monoisotopic (exact) mass is 371 g/mol. The van der Waals surface area contributed by atoms with Crippen LogP contribution in [0.15, 0.2) is 54.6 Å². The number of nitrogens with zero attached hydrogens (tertiary/aromatic N) is 2. The standard InChI is InChI=1S/C19H21N3O3S/c1-26(24,25)22(13-5-8-16-6-3-2-4-7-16)15-19(23)21-18-11-9-17(14-20)10-12-18/h2-4,6-7,9-12H,5,8,13,15H2,1H3,(H,21,23). The third kappa shape index (κ3) is 6.31. The van der Waals surface area contributed by atoms with Gasteiger partial charge in [-0.15, -0.1) is 0 Å². The van der Waals surface area contributed by atoms with Crippen LogP contribution in [0.1, 0.15) is 17.5 Å². The SMILES string of the molecule is CS(=O)(=O)N(CCCc1ccccc1)CC(=O)Nc1ccc(C#N)cc1. The summed E-state index contributed by atoms with van der Waals surface area (Å²) in [7, 11) is -3.49. The van der Waals surface area contributed by atoms with Crippen LogP contribution in [-0.4, -0.2) is 38.0 Å². The van der Waals surface area contributed by atoms with Crippen LogP contribution in [0.4, 0.5) is 5.69 Å². The van der Waals surface area contributed by atoms with Gasteiger partial charge in [0.15, 0.2) is 0 Å². The lowest BCUT2D eigenvalue weighted by Gasteiger charge is -2.19. The summed E-state index contributed by atoms with van der Waals surface area (Å²) in [5.74, 6) is -0.417. The summed E-state index contributed by atoms with van der Waals surface area (Å²) in [6.07, 6.45) is 2.47. The molecule has 0 fully saturated rings. The average Bonchev–Trinajstić information content (AvgIpc) is 2.61. The number of amides is 1. The van der Waals surface area contributed by atoms with Crippen LogP contribution in [-0.2, 0) is 21.2 Å². The van der Waals surface area contributed by atoms with Crippen molar-refractivity contribution in [3.63, 3.8) is 0 Å². The number of nitriles is 1. The zero-order valence-corrected chi connectivity index (χ0v) is 15.4. The number of carbonyl (C=O) groups excluding carboxylic acids is 1. The maximum absolute atomic E-state index is 12.2. The van der Waals surface area contributed by atoms with E-state index in [4.69, 9.17) is 5.26 Å². The molecular formula is C19H21N3O3S. The molecular weight excluding hydrogens is 350 g/mol. The number of aryl methyl sites for hydroxylation is 1. The van der Waals surface area contributed by atoms with Gasteiger partial charge in [-0.05, 0) is 42.7 Å². The van der Waals surface area contributed by atoms with Crippen molar-refractivity contribution >= 4 is 21.6 Å². The first-order chi connectivity index (χ1) is 12.4. The van der Waals surface area contributed by atoms with E-state index in [1.54, 1.807) is 24.3 Å². The van der Waals surface area contributed by atoms with Gasteiger partial charge in [-0.3, -0.25) is 4.79 Å². The predicted octanol–water partition coefficient (Wildman–Crippen LogP) is 2.39. The van der Waals surface area contributed by atoms with Crippen molar-refractivity contribution in [2.75, 3.05) is 24.7 Å². The quantitative estimate of drug-likeness (QED) is 0.771. The topological polar surface area (TPSA) is 90.3 Å². The van der Waals surface area contributed by atoms with Gasteiger partial charge >= 0.3 is 0 Å². The highest BCUT2D eigenvalue weighted by molar-refractivity contribution is 7.88. The Balaban J connectivity index is 1.92. The van der Waals surface area contributed by atoms with Crippen molar-refractivity contribution in [3.8, 4) is 6.07 Å². The molecule has 1 N–H and O–H groups in total. The van der Waals surface area contributed by atoms with Gasteiger partial charge in [-0.25, -0.2) is 8.42 Å². The van der Waals surface area contributed by atoms with Crippen LogP contribution in [0.2, 0.25) is 0 Å². The summed E-state index contributed by atoms with van der Waals surface area (Å²) in [6.45, 7) is 0.0299. The maximum atomic E-state index is 12.2. The van der Waals surface area contributed by atoms with Gasteiger partial charge in [-0.2, -0.15) is 9.57 Å². The van der Waals surface area contributed by atoms with Gasteiger partial charge in [0.1, 0.15) is 0 Å². The largest absolute Gasteiger partial charge is 0.325 e. The minimum atomic E-state index is -3.49. The van der Waals surface area contributed by atoms with Crippen LogP contribution in [0, 0.1) is 11.3 Å². The third-order valence-electron chi connectivity index (χ3n) is 3.80. The molecule has 0 spiro atoms. The normalized spacial score (nSPS) is 11.1. The molecule has 0 aliphatic rings. The summed E-state index contributed by atoms with van der Waals surface area (Å²) < 4.78 is 25.1. The molecule has 0 radical (unpaired) electrons. The minimum Gasteiger partial charge on any atom is -0.325 e. The van der Waals surface area contributed by atoms with Crippen molar-refractivity contribution in [2.45, 2.75) is 12.8 Å². The molecule has 136 valence electrons. The van der Waals surface area contributed by atoms with E-state index in [-0.39, 0.29) is 13.1 Å². The van der Waals surface area contributed by atoms with Crippen LogP contribution in [0.25, 0.3) is 0 Å². The second kappa shape index (κ2) is 9.13. The number of benzene rings is 2. The molecule has 2 rings (SSSR count). The highest BCUT2D eigenvalue weighted by Gasteiger charge is 2.19. The Kier molecular flexibility index (Phi) is 6.89. The van der Waals surface area contributed by atoms with E-state index >= 15 is 0 Å². The number of rotatable bonds is 8. The first kappa shape index (κ1) is 19.6. The molecule has 0 saturated heterocycles. The molecule has 0 aliphatic carbocycles. The zero-order chi connectivity index (χ0) is 19.0. The molecule has 0 bridgehead atoms. The van der Waals surface area contributed by atoms with Crippen molar-refractivity contribution in [1.29, 1.82) is 5.26 Å². The molecule has 0 unspecified atom stereocenters. The van der Waals surface area contributed by atoms with Gasteiger partial charge in [0.2, 0.25) is 15.9 Å². The molecule has 0 saturated carbocycles. The van der Waals surface area contributed by atoms with Crippen LogP contribution < -0.4 is 5.32 Å². The first-order valence-corrected chi connectivity index (χ1v) is 10.0. The maximum Gasteiger partial charge on any atom is 0.239 e. The van der Waals surface area contributed by atoms with E-state index < -0.39 is 15.9 Å². The molecule has 1 amide bonds. The summed E-state index contributed by atoms with van der Waals surface area (Å²) >= 11 is 0. The van der Waals surface area contributed by atoms with Crippen molar-refractivity contribution in [2.24, 2.45) is 0 Å². The number of nitrogens with one attached hydrogen (secondary N) is 1. The number of sulfonamides is 1. The number of hydrogen-bond acceptors (Lipinski definition) is 4. The second-order valence-corrected chi connectivity index (χ2v) is 7.91. The average molecular weight is 371 g/mol. The zero-order valence-electron chi connectivity index (χ0n) is 14.6. The fourth-order valence-electron chi connectivity index (χ4n) is 2.46. The van der Waals surface area contributed by atoms with Crippen molar-refractivity contribution in [1.82, 2.24) is 4.31 Å². The van der Waals surface area contributed by atoms with E-state index in [1.807, 2.05) is 36.4 Å². The van der Waals surface area contributed by atoms with Gasteiger partial charge in [0.05, 0.1) is 24.4 Å². The predicted molar refractivity (Wildman–Crippen MR) is 101 cm³/mol. The Morgan fingerprint density at radius 3 is 2.35 bits per heavy atom. The highest BCUT2D eigenvalue weighted by atomic mass is 32.2. The molecule has 0 aromatic heterocycles. The summed E-state index contributed by atoms with van der Waals surface area (Å²) in [5, 5.41) is 11.4. The van der Waals surface area contributed by atoms with Gasteiger partial charge < -0.3 is 5.32 Å². The van der Waals surface area contributed by atoms with E-state index in [1.165, 1.54) is 4.31 Å². The molecule has 2 aromatic rings.